The Morgan fingerprint density at radius 1 is 0.631 bits per heavy atom. The highest BCUT2D eigenvalue weighted by Gasteiger charge is 2.35. The number of ketones is 2. The van der Waals surface area contributed by atoms with Crippen molar-refractivity contribution in [3.05, 3.63) is 74.6 Å². The fourth-order valence-electron chi connectivity index (χ4n) is 9.35. The Morgan fingerprint density at radius 2 is 1.18 bits per heavy atom. The normalized spacial score (nSPS) is 16.6. The minimum absolute atomic E-state index is 0.0288. The van der Waals surface area contributed by atoms with E-state index in [-0.39, 0.29) is 103 Å². The van der Waals surface area contributed by atoms with Crippen molar-refractivity contribution in [1.29, 1.82) is 0 Å². The van der Waals surface area contributed by atoms with Gasteiger partial charge < -0.3 is 72.1 Å². The third kappa shape index (κ3) is 22.1. The summed E-state index contributed by atoms with van der Waals surface area (Å²) in [6.45, 7) is -0.371. The fourth-order valence-corrected chi connectivity index (χ4v) is 9.35. The minimum Gasteiger partial charge on any atom is -0.481 e. The summed E-state index contributed by atoms with van der Waals surface area (Å²) in [7, 11) is 0. The van der Waals surface area contributed by atoms with Gasteiger partial charge in [0.05, 0.1) is 57.6 Å². The molecule has 1 fully saturated rings. The molecule has 460 valence electrons. The van der Waals surface area contributed by atoms with Gasteiger partial charge in [0.2, 0.25) is 17.7 Å². The number of aldehydes is 1. The summed E-state index contributed by atoms with van der Waals surface area (Å²) in [5.74, 6) is -13.7. The summed E-state index contributed by atoms with van der Waals surface area (Å²) in [6.07, 6.45) is 0.792. The highest BCUT2D eigenvalue weighted by Crippen LogP contribution is 2.20. The average molecular weight is 1180 g/mol. The van der Waals surface area contributed by atoms with E-state index in [9.17, 15) is 98.1 Å². The van der Waals surface area contributed by atoms with Crippen molar-refractivity contribution in [1.82, 2.24) is 45.5 Å². The number of Topliss-reactive ketones (excluding diaryl/α,β-unsaturated/α-hetero) is 2. The number of carbonyl (C=O) groups excluding carboxylic acids is 6. The van der Waals surface area contributed by atoms with Gasteiger partial charge in [0.1, 0.15) is 41.8 Å². The van der Waals surface area contributed by atoms with Crippen molar-refractivity contribution < 1.29 is 88.5 Å². The van der Waals surface area contributed by atoms with Crippen LogP contribution >= 0.6 is 0 Å². The van der Waals surface area contributed by atoms with Gasteiger partial charge in [-0.05, 0) is 31.7 Å². The molecular weight excluding hydrogens is 1110 g/mol. The van der Waals surface area contributed by atoms with E-state index in [1.807, 2.05) is 0 Å². The summed E-state index contributed by atoms with van der Waals surface area (Å²) in [5.41, 5.74) is -2.05. The van der Waals surface area contributed by atoms with Crippen molar-refractivity contribution in [3.8, 4) is 0 Å². The Bertz CT molecular complexity index is 2810. The zero-order valence-electron chi connectivity index (χ0n) is 46.2. The molecule has 7 atom stereocenters. The summed E-state index contributed by atoms with van der Waals surface area (Å²) in [4.78, 5) is 179. The number of nitrogens with zero attached hydrogens (tertiary/aromatic N) is 5. The summed E-state index contributed by atoms with van der Waals surface area (Å²) >= 11 is 0. The lowest BCUT2D eigenvalue weighted by Gasteiger charge is -2.35. The predicted octanol–water partition coefficient (Wildman–Crippen LogP) is -4.32. The van der Waals surface area contributed by atoms with Gasteiger partial charge in [-0.2, -0.15) is 0 Å². The van der Waals surface area contributed by atoms with Gasteiger partial charge in [-0.3, -0.25) is 72.3 Å². The van der Waals surface area contributed by atoms with Crippen molar-refractivity contribution in [2.75, 3.05) is 102 Å². The Balaban J connectivity index is 1.43. The van der Waals surface area contributed by atoms with E-state index in [1.165, 1.54) is 19.4 Å². The fraction of sp³-hybridized carbons (Fsp3) is 0.547. The molecule has 84 heavy (non-hydrogen) atoms. The zero-order chi connectivity index (χ0) is 62.0. The van der Waals surface area contributed by atoms with Gasteiger partial charge in [0.25, 0.3) is 10.9 Å². The van der Waals surface area contributed by atoms with Crippen molar-refractivity contribution >= 4 is 76.8 Å². The third-order valence-electron chi connectivity index (χ3n) is 14.0. The molecule has 1 aliphatic rings. The number of aromatic nitrogens is 2. The van der Waals surface area contributed by atoms with E-state index in [0.29, 0.717) is 17.5 Å². The van der Waals surface area contributed by atoms with E-state index >= 15 is 0 Å². The molecule has 31 nitrogen and oxygen atoms in total. The summed E-state index contributed by atoms with van der Waals surface area (Å²) in [5, 5.41) is 80.6. The first-order valence-corrected chi connectivity index (χ1v) is 26.9. The first-order valence-electron chi connectivity index (χ1n) is 26.9. The molecule has 0 radical (unpaired) electrons. The zero-order valence-corrected chi connectivity index (χ0v) is 46.2. The van der Waals surface area contributed by atoms with Crippen LogP contribution in [-0.4, -0.2) is 253 Å². The first-order chi connectivity index (χ1) is 39.9. The van der Waals surface area contributed by atoms with Crippen LogP contribution in [0.2, 0.25) is 0 Å². The Hall–Kier alpha value is -8.36. The number of rotatable bonds is 36. The van der Waals surface area contributed by atoms with Crippen LogP contribution in [0.15, 0.2) is 52.4 Å². The molecule has 1 aromatic heterocycles. The molecule has 3 aromatic rings. The van der Waals surface area contributed by atoms with E-state index in [1.54, 1.807) is 49.9 Å². The molecule has 31 heteroatoms. The molecule has 4 rings (SSSR count). The molecule has 3 amide bonds. The Morgan fingerprint density at radius 3 is 1.71 bits per heavy atom. The number of carboxylic acid groups (broad SMARTS) is 5. The lowest BCUT2D eigenvalue weighted by molar-refractivity contribution is -0.144. The van der Waals surface area contributed by atoms with Gasteiger partial charge in [-0.15, -0.1) is 0 Å². The number of hydrogen-bond acceptors (Lipinski definition) is 22. The topological polar surface area (TPSA) is 465 Å². The number of aromatic amines is 1. The van der Waals surface area contributed by atoms with Gasteiger partial charge in [-0.1, -0.05) is 30.3 Å². The van der Waals surface area contributed by atoms with E-state index in [0.717, 1.165) is 0 Å². The molecule has 0 bridgehead atoms. The highest BCUT2D eigenvalue weighted by molar-refractivity contribution is 5.97. The second kappa shape index (κ2) is 34.3. The number of nitrogens with one attached hydrogen (secondary N) is 6. The average Bonchev–Trinajstić information content (AvgIpc) is 2.38. The molecule has 1 saturated heterocycles. The molecule has 1 unspecified atom stereocenters. The van der Waals surface area contributed by atoms with Crippen molar-refractivity contribution in [2.24, 2.45) is 11.8 Å². The lowest BCUT2D eigenvalue weighted by Crippen LogP contribution is -2.51. The maximum Gasteiger partial charge on any atom is 0.328 e. The van der Waals surface area contributed by atoms with E-state index < -0.39 is 157 Å². The van der Waals surface area contributed by atoms with Gasteiger partial charge in [0.15, 0.2) is 11.6 Å². The van der Waals surface area contributed by atoms with Crippen LogP contribution in [0.5, 0.6) is 0 Å². The molecule has 1 aliphatic heterocycles. The van der Waals surface area contributed by atoms with Crippen LogP contribution in [0.1, 0.15) is 50.3 Å². The highest BCUT2D eigenvalue weighted by atomic mass is 16.4. The smallest absolute Gasteiger partial charge is 0.328 e. The Labute approximate surface area is 480 Å². The summed E-state index contributed by atoms with van der Waals surface area (Å²) in [6, 6.07) is 0.599. The van der Waals surface area contributed by atoms with Gasteiger partial charge >= 0.3 is 29.8 Å². The molecule has 2 aromatic carbocycles. The second-order valence-corrected chi connectivity index (χ2v) is 20.2. The van der Waals surface area contributed by atoms with Crippen LogP contribution in [0.4, 0.5) is 11.4 Å². The first kappa shape index (κ1) is 68.1. The van der Waals surface area contributed by atoms with E-state index in [2.05, 4.69) is 36.6 Å². The standard InChI is InChI=1S/C53H73N11O20/c1-31(40(68)22-34(21-35-25-54-30-56-35)50(79)59-37(28-66)41(69)23-33(20-32-6-3-2-4-7-32)49(78)60-38(29-67)52(81)82)57-51(80)36(24-42(70)71)58-46-45(47(76)48(46)77)55-9-5-8-39(53(83)84)64-16-14-61(18-19-65)10-11-62(26-43(72)73)12-13-63(15-17-64)27-44(74)75/h2-4,6-7,19,25,30-31,33-34,36-39,55,58,66-67H,5,8-18,20-24,26-29H2,1H3,(H,54,56)(H,57,80)(H,59,79)(H,60,78)(H,70,71)(H,72,73)(H,74,75)(H,81,82)(H,83,84)/t31-,33+,34+,36-,37-,38-,39?/m0/s1. The maximum absolute atomic E-state index is 13.9. The largest absolute Gasteiger partial charge is 0.481 e. The quantitative estimate of drug-likeness (QED) is 0.0149. The number of H-pyrrole nitrogens is 1. The second-order valence-electron chi connectivity index (χ2n) is 20.2. The van der Waals surface area contributed by atoms with E-state index in [4.69, 9.17) is 0 Å². The van der Waals surface area contributed by atoms with Gasteiger partial charge in [0, 0.05) is 96.0 Å². The number of aliphatic hydroxyl groups is 2. The monoisotopic (exact) mass is 1180 g/mol. The van der Waals surface area contributed by atoms with Crippen LogP contribution < -0.4 is 37.4 Å². The predicted molar refractivity (Wildman–Crippen MR) is 294 cm³/mol. The number of imidazole rings is 1. The van der Waals surface area contributed by atoms with Crippen LogP contribution in [0.3, 0.4) is 0 Å². The number of benzene rings is 1. The lowest BCUT2D eigenvalue weighted by atomic mass is 9.90. The molecular formula is C53H73N11O20. The molecule has 2 heterocycles. The van der Waals surface area contributed by atoms with Crippen LogP contribution in [0.25, 0.3) is 0 Å². The third-order valence-corrected chi connectivity index (χ3v) is 14.0. The number of aliphatic carboxylic acids is 5. The number of aliphatic hydroxyl groups excluding tert-OH is 2. The molecule has 0 spiro atoms. The number of hydrogen-bond donors (Lipinski definition) is 13. The maximum atomic E-state index is 13.9. The number of anilines is 2. The van der Waals surface area contributed by atoms with Crippen molar-refractivity contribution in [2.45, 2.75) is 82.1 Å². The van der Waals surface area contributed by atoms with Crippen LogP contribution in [0, 0.1) is 11.8 Å². The number of carbonyl (C=O) groups is 11. The van der Waals surface area contributed by atoms with Crippen LogP contribution in [-0.2, 0) is 65.6 Å². The Kier molecular flexibility index (Phi) is 27.8. The van der Waals surface area contributed by atoms with Crippen molar-refractivity contribution in [3.63, 3.8) is 0 Å². The SMILES string of the molecule is C[C@H](NC(=O)[C@H](CC(=O)O)Nc1c(NCCCC(C(=O)O)N2CCN(CC=O)CCN(CC(=O)O)CCN(CC(=O)O)CC2)c(=O)c1=O)C(=O)C[C@@H](Cc1cnc[nH]1)C(=O)N[C@@H](CO)C(=O)C[C@@H](Cc1ccccc1)C(=O)N[C@@H](CO)C(=O)O. The number of carboxylic acids is 5. The molecule has 0 aliphatic carbocycles. The summed E-state index contributed by atoms with van der Waals surface area (Å²) < 4.78 is 0. The minimum atomic E-state index is -1.78. The number of amides is 3. The molecule has 0 saturated carbocycles. The van der Waals surface area contributed by atoms with Gasteiger partial charge in [-0.25, -0.2) is 9.78 Å². The molecule has 13 N–H and O–H groups in total.